The van der Waals surface area contributed by atoms with Crippen LogP contribution in [0.2, 0.25) is 0 Å². The molecule has 4 N–H and O–H groups in total. The summed E-state index contributed by atoms with van der Waals surface area (Å²) >= 11 is 0. The summed E-state index contributed by atoms with van der Waals surface area (Å²) in [6.45, 7) is 0. The van der Waals surface area contributed by atoms with Crippen molar-refractivity contribution in [2.75, 3.05) is 0 Å². The number of aliphatic carboxylic acids is 1. The number of carboxylic acids is 1. The van der Waals surface area contributed by atoms with Gasteiger partial charge in [-0.2, -0.15) is 0 Å². The van der Waals surface area contributed by atoms with Crippen LogP contribution in [0.15, 0.2) is 23.1 Å². The second kappa shape index (κ2) is 3.86. The van der Waals surface area contributed by atoms with E-state index < -0.39 is 12.0 Å². The molecule has 0 aromatic carbocycles. The summed E-state index contributed by atoms with van der Waals surface area (Å²) in [5.74, 6) is -0.979. The molecule has 1 rings (SSSR count). The van der Waals surface area contributed by atoms with Gasteiger partial charge in [0.15, 0.2) is 0 Å². The van der Waals surface area contributed by atoms with Crippen LogP contribution in [0.5, 0.6) is 0 Å². The molecular formula is C8H10N2O3. The minimum atomic E-state index is -0.979. The molecule has 0 bridgehead atoms. The number of hydrogen-bond acceptors (Lipinski definition) is 3. The highest BCUT2D eigenvalue weighted by molar-refractivity contribution is 5.67. The van der Waals surface area contributed by atoms with E-state index in [1.165, 1.54) is 12.3 Å². The molecule has 0 aliphatic rings. The molecule has 0 amide bonds. The number of rotatable bonds is 3. The van der Waals surface area contributed by atoms with E-state index in [1.807, 2.05) is 0 Å². The van der Waals surface area contributed by atoms with Crippen molar-refractivity contribution in [2.24, 2.45) is 5.73 Å². The van der Waals surface area contributed by atoms with Gasteiger partial charge in [-0.25, -0.2) is 0 Å². The number of nitrogens with two attached hydrogens (primary N) is 1. The van der Waals surface area contributed by atoms with Crippen molar-refractivity contribution in [3.05, 3.63) is 34.2 Å². The molecule has 70 valence electrons. The highest BCUT2D eigenvalue weighted by Crippen LogP contribution is 2.10. The first kappa shape index (κ1) is 9.47. The molecule has 13 heavy (non-hydrogen) atoms. The van der Waals surface area contributed by atoms with E-state index in [-0.39, 0.29) is 12.0 Å². The second-order valence-corrected chi connectivity index (χ2v) is 2.69. The number of carboxylic acid groups (broad SMARTS) is 1. The third-order valence-electron chi connectivity index (χ3n) is 1.62. The SMILES string of the molecule is NC(CC(=O)O)c1cc[nH]c(=O)c1. The monoisotopic (exact) mass is 182 g/mol. The van der Waals surface area contributed by atoms with Crippen LogP contribution in [-0.2, 0) is 4.79 Å². The first-order chi connectivity index (χ1) is 6.09. The smallest absolute Gasteiger partial charge is 0.305 e. The quantitative estimate of drug-likeness (QED) is 0.605. The molecule has 0 aliphatic carbocycles. The largest absolute Gasteiger partial charge is 0.481 e. The minimum absolute atomic E-state index is 0.177. The van der Waals surface area contributed by atoms with E-state index in [0.717, 1.165) is 0 Å². The van der Waals surface area contributed by atoms with Gasteiger partial charge in [-0.05, 0) is 11.6 Å². The number of aromatic amines is 1. The van der Waals surface area contributed by atoms with Crippen LogP contribution in [-0.4, -0.2) is 16.1 Å². The Labute approximate surface area is 74.2 Å². The topological polar surface area (TPSA) is 96.2 Å². The lowest BCUT2D eigenvalue weighted by molar-refractivity contribution is -0.137. The van der Waals surface area contributed by atoms with Crippen LogP contribution < -0.4 is 11.3 Å². The summed E-state index contributed by atoms with van der Waals surface area (Å²) in [5.41, 5.74) is 5.79. The molecule has 1 aromatic rings. The van der Waals surface area contributed by atoms with Crippen LogP contribution in [0.1, 0.15) is 18.0 Å². The Bertz CT molecular complexity index is 358. The number of nitrogens with one attached hydrogen (secondary N) is 1. The van der Waals surface area contributed by atoms with Gasteiger partial charge >= 0.3 is 5.97 Å². The second-order valence-electron chi connectivity index (χ2n) is 2.69. The Kier molecular flexibility index (Phi) is 2.81. The fourth-order valence-corrected chi connectivity index (χ4v) is 0.998. The van der Waals surface area contributed by atoms with Gasteiger partial charge in [0.1, 0.15) is 0 Å². The van der Waals surface area contributed by atoms with E-state index in [1.54, 1.807) is 6.07 Å². The number of carbonyl (C=O) groups is 1. The first-order valence-corrected chi connectivity index (χ1v) is 3.75. The molecule has 0 fully saturated rings. The van der Waals surface area contributed by atoms with Crippen molar-refractivity contribution in [2.45, 2.75) is 12.5 Å². The summed E-state index contributed by atoms with van der Waals surface area (Å²) in [7, 11) is 0. The molecule has 0 saturated carbocycles. The van der Waals surface area contributed by atoms with Gasteiger partial charge in [-0.3, -0.25) is 9.59 Å². The molecule has 1 atom stereocenters. The molecule has 0 aliphatic heterocycles. The third-order valence-corrected chi connectivity index (χ3v) is 1.62. The lowest BCUT2D eigenvalue weighted by Gasteiger charge is -2.07. The van der Waals surface area contributed by atoms with Gasteiger partial charge in [0.05, 0.1) is 6.42 Å². The normalized spacial score (nSPS) is 12.4. The molecule has 0 saturated heterocycles. The van der Waals surface area contributed by atoms with Gasteiger partial charge < -0.3 is 15.8 Å². The highest BCUT2D eigenvalue weighted by atomic mass is 16.4. The Morgan fingerprint density at radius 2 is 2.38 bits per heavy atom. The molecular weight excluding hydrogens is 172 g/mol. The van der Waals surface area contributed by atoms with Crippen LogP contribution in [0.4, 0.5) is 0 Å². The van der Waals surface area contributed by atoms with Crippen molar-refractivity contribution in [1.29, 1.82) is 0 Å². The standard InChI is InChI=1S/C8H10N2O3/c9-6(4-8(12)13)5-1-2-10-7(11)3-5/h1-3,6H,4,9H2,(H,10,11)(H,12,13). The van der Waals surface area contributed by atoms with Crippen LogP contribution in [0.25, 0.3) is 0 Å². The lowest BCUT2D eigenvalue weighted by atomic mass is 10.1. The maximum absolute atomic E-state index is 10.8. The van der Waals surface area contributed by atoms with Gasteiger partial charge in [0.2, 0.25) is 5.56 Å². The lowest BCUT2D eigenvalue weighted by Crippen LogP contribution is -2.17. The predicted octanol–water partition coefficient (Wildman–Crippen LogP) is -0.151. The third kappa shape index (κ3) is 2.72. The van der Waals surface area contributed by atoms with E-state index in [9.17, 15) is 9.59 Å². The summed E-state index contributed by atoms with van der Waals surface area (Å²) in [6.07, 6.45) is 1.27. The van der Waals surface area contributed by atoms with Gasteiger partial charge in [-0.1, -0.05) is 0 Å². The van der Waals surface area contributed by atoms with Crippen LogP contribution in [0.3, 0.4) is 0 Å². The predicted molar refractivity (Wildman–Crippen MR) is 46.2 cm³/mol. The Hall–Kier alpha value is -1.62. The van der Waals surface area contributed by atoms with Crippen LogP contribution in [0, 0.1) is 0 Å². The van der Waals surface area contributed by atoms with Crippen molar-refractivity contribution < 1.29 is 9.90 Å². The fourth-order valence-electron chi connectivity index (χ4n) is 0.998. The molecule has 1 heterocycles. The summed E-state index contributed by atoms with van der Waals surface area (Å²) in [4.78, 5) is 23.5. The van der Waals surface area contributed by atoms with Crippen molar-refractivity contribution in [1.82, 2.24) is 4.98 Å². The first-order valence-electron chi connectivity index (χ1n) is 3.75. The average molecular weight is 182 g/mol. The fraction of sp³-hybridized carbons (Fsp3) is 0.250. The van der Waals surface area contributed by atoms with Crippen molar-refractivity contribution in [3.63, 3.8) is 0 Å². The molecule has 5 heteroatoms. The highest BCUT2D eigenvalue weighted by Gasteiger charge is 2.10. The van der Waals surface area contributed by atoms with Crippen molar-refractivity contribution >= 4 is 5.97 Å². The van der Waals surface area contributed by atoms with Gasteiger partial charge in [0.25, 0.3) is 0 Å². The van der Waals surface area contributed by atoms with Gasteiger partial charge in [0, 0.05) is 18.3 Å². The summed E-state index contributed by atoms with van der Waals surface area (Å²) in [5, 5.41) is 8.45. The maximum atomic E-state index is 10.8. The zero-order valence-corrected chi connectivity index (χ0v) is 6.86. The Balaban J connectivity index is 2.82. The summed E-state index contributed by atoms with van der Waals surface area (Å²) in [6, 6.07) is 2.27. The zero-order chi connectivity index (χ0) is 9.84. The van der Waals surface area contributed by atoms with E-state index in [0.29, 0.717) is 5.56 Å². The van der Waals surface area contributed by atoms with E-state index >= 15 is 0 Å². The molecule has 1 unspecified atom stereocenters. The van der Waals surface area contributed by atoms with Crippen molar-refractivity contribution in [3.8, 4) is 0 Å². The molecule has 0 radical (unpaired) electrons. The molecule has 0 spiro atoms. The summed E-state index contributed by atoms with van der Waals surface area (Å²) < 4.78 is 0. The van der Waals surface area contributed by atoms with E-state index in [4.69, 9.17) is 10.8 Å². The zero-order valence-electron chi connectivity index (χ0n) is 6.86. The number of pyridine rings is 1. The van der Waals surface area contributed by atoms with Crippen LogP contribution >= 0.6 is 0 Å². The number of H-pyrrole nitrogens is 1. The minimum Gasteiger partial charge on any atom is -0.481 e. The molecule has 5 nitrogen and oxygen atoms in total. The maximum Gasteiger partial charge on any atom is 0.305 e. The number of aromatic nitrogens is 1. The Morgan fingerprint density at radius 1 is 1.69 bits per heavy atom. The Morgan fingerprint density at radius 3 is 2.92 bits per heavy atom. The van der Waals surface area contributed by atoms with E-state index in [2.05, 4.69) is 4.98 Å². The molecule has 1 aromatic heterocycles. The van der Waals surface area contributed by atoms with Gasteiger partial charge in [-0.15, -0.1) is 0 Å². The number of hydrogen-bond donors (Lipinski definition) is 3. The average Bonchev–Trinajstić information content (AvgIpc) is 2.03.